The SMILES string of the molecule is O=C(CC1CCCCC1)N1CCc2[nH]c3ccc(Cl)cc3c2C1. The molecular formula is C19H23ClN2O. The van der Waals surface area contributed by atoms with Gasteiger partial charge in [0.15, 0.2) is 0 Å². The van der Waals surface area contributed by atoms with E-state index < -0.39 is 0 Å². The molecule has 1 N–H and O–H groups in total. The minimum absolute atomic E-state index is 0.332. The number of hydrogen-bond donors (Lipinski definition) is 1. The normalized spacial score (nSPS) is 19.1. The molecule has 4 heteroatoms. The summed E-state index contributed by atoms with van der Waals surface area (Å²) in [7, 11) is 0. The van der Waals surface area contributed by atoms with E-state index in [2.05, 4.69) is 4.98 Å². The number of fused-ring (bicyclic) bond motifs is 3. The van der Waals surface area contributed by atoms with Gasteiger partial charge in [-0.2, -0.15) is 0 Å². The summed E-state index contributed by atoms with van der Waals surface area (Å²) in [6.45, 7) is 1.56. The Balaban J connectivity index is 1.52. The molecule has 23 heavy (non-hydrogen) atoms. The van der Waals surface area contributed by atoms with Crippen molar-refractivity contribution in [3.63, 3.8) is 0 Å². The first-order valence-corrected chi connectivity index (χ1v) is 9.15. The van der Waals surface area contributed by atoms with E-state index in [1.165, 1.54) is 48.7 Å². The molecule has 122 valence electrons. The first-order valence-electron chi connectivity index (χ1n) is 8.77. The van der Waals surface area contributed by atoms with Crippen LogP contribution < -0.4 is 0 Å². The van der Waals surface area contributed by atoms with Crippen LogP contribution >= 0.6 is 11.6 Å². The van der Waals surface area contributed by atoms with Crippen molar-refractivity contribution >= 4 is 28.4 Å². The third-order valence-corrected chi connectivity index (χ3v) is 5.71. The van der Waals surface area contributed by atoms with E-state index in [0.717, 1.165) is 36.5 Å². The smallest absolute Gasteiger partial charge is 0.223 e. The number of amides is 1. The molecule has 1 amide bonds. The Bertz CT molecular complexity index is 730. The largest absolute Gasteiger partial charge is 0.358 e. The third kappa shape index (κ3) is 2.99. The molecule has 2 heterocycles. The van der Waals surface area contributed by atoms with Crippen LogP contribution in [0.3, 0.4) is 0 Å². The van der Waals surface area contributed by atoms with E-state index >= 15 is 0 Å². The predicted octanol–water partition coefficient (Wildman–Crippen LogP) is 4.68. The van der Waals surface area contributed by atoms with Crippen molar-refractivity contribution in [2.75, 3.05) is 6.54 Å². The summed E-state index contributed by atoms with van der Waals surface area (Å²) < 4.78 is 0. The van der Waals surface area contributed by atoms with Crippen molar-refractivity contribution in [1.29, 1.82) is 0 Å². The summed E-state index contributed by atoms with van der Waals surface area (Å²) >= 11 is 6.15. The van der Waals surface area contributed by atoms with Gasteiger partial charge in [-0.05, 0) is 37.0 Å². The molecule has 1 aliphatic carbocycles. The molecule has 1 aliphatic heterocycles. The zero-order valence-corrected chi connectivity index (χ0v) is 14.2. The van der Waals surface area contributed by atoms with Crippen molar-refractivity contribution in [3.05, 3.63) is 34.5 Å². The number of carbonyl (C=O) groups is 1. The molecule has 2 aromatic rings. The van der Waals surface area contributed by atoms with Gasteiger partial charge in [-0.15, -0.1) is 0 Å². The molecule has 2 aliphatic rings. The number of hydrogen-bond acceptors (Lipinski definition) is 1. The number of carbonyl (C=O) groups excluding carboxylic acids is 1. The Hall–Kier alpha value is -1.48. The lowest BCUT2D eigenvalue weighted by Gasteiger charge is -2.30. The van der Waals surface area contributed by atoms with Gasteiger partial charge in [-0.25, -0.2) is 0 Å². The van der Waals surface area contributed by atoms with Crippen molar-refractivity contribution < 1.29 is 4.79 Å². The fourth-order valence-electron chi connectivity index (χ4n) is 4.17. The van der Waals surface area contributed by atoms with Crippen molar-refractivity contribution in [2.24, 2.45) is 5.92 Å². The minimum Gasteiger partial charge on any atom is -0.358 e. The second-order valence-corrected chi connectivity index (χ2v) is 7.48. The second kappa shape index (κ2) is 6.20. The zero-order valence-electron chi connectivity index (χ0n) is 13.4. The Kier molecular flexibility index (Phi) is 4.06. The topological polar surface area (TPSA) is 36.1 Å². The highest BCUT2D eigenvalue weighted by atomic mass is 35.5. The van der Waals surface area contributed by atoms with Gasteiger partial charge in [-0.1, -0.05) is 30.9 Å². The lowest BCUT2D eigenvalue weighted by molar-refractivity contribution is -0.133. The average molecular weight is 331 g/mol. The third-order valence-electron chi connectivity index (χ3n) is 5.48. The Morgan fingerprint density at radius 1 is 1.26 bits per heavy atom. The van der Waals surface area contributed by atoms with Gasteiger partial charge in [-0.3, -0.25) is 4.79 Å². The Morgan fingerprint density at radius 3 is 2.91 bits per heavy atom. The average Bonchev–Trinajstić information content (AvgIpc) is 2.93. The summed E-state index contributed by atoms with van der Waals surface area (Å²) in [5, 5.41) is 1.92. The molecule has 0 saturated heterocycles. The number of H-pyrrole nitrogens is 1. The lowest BCUT2D eigenvalue weighted by atomic mass is 9.86. The first-order chi connectivity index (χ1) is 11.2. The molecule has 1 fully saturated rings. The second-order valence-electron chi connectivity index (χ2n) is 7.05. The summed E-state index contributed by atoms with van der Waals surface area (Å²) in [5.74, 6) is 0.939. The fourth-order valence-corrected chi connectivity index (χ4v) is 4.34. The highest BCUT2D eigenvalue weighted by molar-refractivity contribution is 6.31. The summed E-state index contributed by atoms with van der Waals surface area (Å²) in [6.07, 6.45) is 8.04. The predicted molar refractivity (Wildman–Crippen MR) is 93.6 cm³/mol. The molecule has 0 spiro atoms. The molecule has 0 atom stereocenters. The van der Waals surface area contributed by atoms with Gasteiger partial charge in [0.25, 0.3) is 0 Å². The minimum atomic E-state index is 0.332. The van der Waals surface area contributed by atoms with Crippen LogP contribution in [0.2, 0.25) is 5.02 Å². The van der Waals surface area contributed by atoms with Crippen LogP contribution in [0.5, 0.6) is 0 Å². The number of benzene rings is 1. The number of aromatic amines is 1. The molecule has 3 nitrogen and oxygen atoms in total. The zero-order chi connectivity index (χ0) is 15.8. The summed E-state index contributed by atoms with van der Waals surface area (Å²) in [5.41, 5.74) is 3.65. The molecule has 1 aromatic carbocycles. The number of rotatable bonds is 2. The standard InChI is InChI=1S/C19H23ClN2O/c20-14-6-7-17-15(11-14)16-12-22(9-8-18(16)21-17)19(23)10-13-4-2-1-3-5-13/h6-7,11,13,21H,1-5,8-10,12H2. The maximum absolute atomic E-state index is 12.7. The summed E-state index contributed by atoms with van der Waals surface area (Å²) in [4.78, 5) is 18.2. The van der Waals surface area contributed by atoms with Crippen LogP contribution in [0.15, 0.2) is 18.2 Å². The lowest BCUT2D eigenvalue weighted by Crippen LogP contribution is -2.36. The van der Waals surface area contributed by atoms with Crippen molar-refractivity contribution in [3.8, 4) is 0 Å². The quantitative estimate of drug-likeness (QED) is 0.853. The van der Waals surface area contributed by atoms with E-state index in [0.29, 0.717) is 11.8 Å². The van der Waals surface area contributed by atoms with Gasteiger partial charge in [0.05, 0.1) is 0 Å². The Morgan fingerprint density at radius 2 is 2.09 bits per heavy atom. The Labute approximate surface area is 142 Å². The molecule has 1 saturated carbocycles. The van der Waals surface area contributed by atoms with Gasteiger partial charge >= 0.3 is 0 Å². The molecule has 4 rings (SSSR count). The maximum Gasteiger partial charge on any atom is 0.223 e. The van der Waals surface area contributed by atoms with Crippen molar-refractivity contribution in [2.45, 2.75) is 51.5 Å². The number of nitrogens with zero attached hydrogens (tertiary/aromatic N) is 1. The van der Waals surface area contributed by atoms with Crippen LogP contribution in [0.4, 0.5) is 0 Å². The van der Waals surface area contributed by atoms with Crippen LogP contribution in [0.25, 0.3) is 10.9 Å². The highest BCUT2D eigenvalue weighted by Gasteiger charge is 2.26. The van der Waals surface area contributed by atoms with Crippen molar-refractivity contribution in [1.82, 2.24) is 9.88 Å². The van der Waals surface area contributed by atoms with Crippen LogP contribution in [0.1, 0.15) is 49.8 Å². The fraction of sp³-hybridized carbons (Fsp3) is 0.526. The van der Waals surface area contributed by atoms with Crippen LogP contribution in [0, 0.1) is 5.92 Å². The van der Waals surface area contributed by atoms with E-state index in [1.807, 2.05) is 23.1 Å². The van der Waals surface area contributed by atoms with E-state index in [-0.39, 0.29) is 0 Å². The maximum atomic E-state index is 12.7. The number of aromatic nitrogens is 1. The molecule has 0 bridgehead atoms. The van der Waals surface area contributed by atoms with E-state index in [9.17, 15) is 4.79 Å². The highest BCUT2D eigenvalue weighted by Crippen LogP contribution is 2.31. The van der Waals surface area contributed by atoms with E-state index in [1.54, 1.807) is 0 Å². The molecular weight excluding hydrogens is 308 g/mol. The molecule has 1 aromatic heterocycles. The molecule has 0 radical (unpaired) electrons. The first kappa shape index (κ1) is 15.1. The van der Waals surface area contributed by atoms with Crippen LogP contribution in [-0.4, -0.2) is 22.3 Å². The van der Waals surface area contributed by atoms with Gasteiger partial charge in [0.1, 0.15) is 0 Å². The monoisotopic (exact) mass is 330 g/mol. The van der Waals surface area contributed by atoms with Gasteiger partial charge in [0, 0.05) is 53.1 Å². The van der Waals surface area contributed by atoms with E-state index in [4.69, 9.17) is 11.6 Å². The van der Waals surface area contributed by atoms with Gasteiger partial charge < -0.3 is 9.88 Å². The summed E-state index contributed by atoms with van der Waals surface area (Å²) in [6, 6.07) is 5.96. The number of halogens is 1. The number of nitrogens with one attached hydrogen (secondary N) is 1. The van der Waals surface area contributed by atoms with Crippen LogP contribution in [-0.2, 0) is 17.8 Å². The molecule has 0 unspecified atom stereocenters. The van der Waals surface area contributed by atoms with Gasteiger partial charge in [0.2, 0.25) is 5.91 Å².